The van der Waals surface area contributed by atoms with Gasteiger partial charge in [0.25, 0.3) is 0 Å². The Kier molecular flexibility index (Phi) is 5.30. The molecule has 0 spiro atoms. The number of aromatic nitrogens is 2. The SMILES string of the molecule is COc1ccc(CNS(=O)(=O)c2ccccc2-n2cc(Br)cn2)c(O)c1. The zero-order chi connectivity index (χ0) is 18.7. The molecule has 26 heavy (non-hydrogen) atoms. The van der Waals surface area contributed by atoms with Crippen molar-refractivity contribution in [2.75, 3.05) is 7.11 Å². The lowest BCUT2D eigenvalue weighted by atomic mass is 10.2. The number of sulfonamides is 1. The van der Waals surface area contributed by atoms with Gasteiger partial charge in [-0.25, -0.2) is 17.8 Å². The number of ether oxygens (including phenoxy) is 1. The fourth-order valence-electron chi connectivity index (χ4n) is 2.38. The summed E-state index contributed by atoms with van der Waals surface area (Å²) in [7, 11) is -2.34. The number of rotatable bonds is 6. The van der Waals surface area contributed by atoms with Crippen molar-refractivity contribution in [3.63, 3.8) is 0 Å². The first-order chi connectivity index (χ1) is 12.4. The number of benzene rings is 2. The van der Waals surface area contributed by atoms with Gasteiger partial charge in [-0.15, -0.1) is 0 Å². The number of hydrogen-bond acceptors (Lipinski definition) is 5. The average molecular weight is 438 g/mol. The van der Waals surface area contributed by atoms with Crippen molar-refractivity contribution in [2.24, 2.45) is 0 Å². The van der Waals surface area contributed by atoms with Crippen LogP contribution >= 0.6 is 15.9 Å². The summed E-state index contributed by atoms with van der Waals surface area (Å²) >= 11 is 3.30. The van der Waals surface area contributed by atoms with Gasteiger partial charge in [-0.2, -0.15) is 5.10 Å². The van der Waals surface area contributed by atoms with Crippen LogP contribution in [0.25, 0.3) is 5.69 Å². The van der Waals surface area contributed by atoms with Crippen LogP contribution in [0.2, 0.25) is 0 Å². The second-order valence-corrected chi connectivity index (χ2v) is 8.04. The molecule has 1 heterocycles. The minimum absolute atomic E-state index is 0.0451. The highest BCUT2D eigenvalue weighted by Gasteiger charge is 2.20. The number of nitrogens with zero attached hydrogens (tertiary/aromatic N) is 2. The fourth-order valence-corrected chi connectivity index (χ4v) is 3.86. The molecule has 0 saturated heterocycles. The van der Waals surface area contributed by atoms with Crippen LogP contribution in [0.5, 0.6) is 11.5 Å². The topological polar surface area (TPSA) is 93.5 Å². The van der Waals surface area contributed by atoms with Crippen LogP contribution in [0.1, 0.15) is 5.56 Å². The molecule has 0 aliphatic rings. The summed E-state index contributed by atoms with van der Waals surface area (Å²) in [6.45, 7) is -0.0602. The summed E-state index contributed by atoms with van der Waals surface area (Å²) < 4.78 is 35.3. The Morgan fingerprint density at radius 2 is 2.04 bits per heavy atom. The molecule has 0 atom stereocenters. The standard InChI is InChI=1S/C17H16BrN3O4S/c1-25-14-7-6-12(16(22)8-14)9-20-26(23,24)17-5-3-2-4-15(17)21-11-13(18)10-19-21/h2-8,10-11,20,22H,9H2,1H3. The third-order valence-corrected chi connectivity index (χ3v) is 5.56. The summed E-state index contributed by atoms with van der Waals surface area (Å²) in [5.41, 5.74) is 0.860. The molecule has 7 nitrogen and oxygen atoms in total. The highest BCUT2D eigenvalue weighted by Crippen LogP contribution is 2.25. The Balaban J connectivity index is 1.88. The summed E-state index contributed by atoms with van der Waals surface area (Å²) in [5.74, 6) is 0.444. The Morgan fingerprint density at radius 3 is 2.69 bits per heavy atom. The second-order valence-electron chi connectivity index (χ2n) is 5.39. The van der Waals surface area contributed by atoms with Gasteiger partial charge in [-0.05, 0) is 34.1 Å². The first-order valence-electron chi connectivity index (χ1n) is 7.56. The Labute approximate surface area is 159 Å². The zero-order valence-corrected chi connectivity index (χ0v) is 16.2. The van der Waals surface area contributed by atoms with Gasteiger partial charge >= 0.3 is 0 Å². The highest BCUT2D eigenvalue weighted by molar-refractivity contribution is 9.10. The number of halogens is 1. The minimum Gasteiger partial charge on any atom is -0.507 e. The van der Waals surface area contributed by atoms with Crippen LogP contribution in [0, 0.1) is 0 Å². The van der Waals surface area contributed by atoms with E-state index in [-0.39, 0.29) is 17.2 Å². The molecule has 0 aliphatic carbocycles. The largest absolute Gasteiger partial charge is 0.507 e. The van der Waals surface area contributed by atoms with E-state index in [0.717, 1.165) is 4.47 Å². The number of methoxy groups -OCH3 is 1. The maximum absolute atomic E-state index is 12.8. The highest BCUT2D eigenvalue weighted by atomic mass is 79.9. The van der Waals surface area contributed by atoms with Crippen molar-refractivity contribution in [1.82, 2.24) is 14.5 Å². The second kappa shape index (κ2) is 7.48. The molecule has 0 bridgehead atoms. The van der Waals surface area contributed by atoms with E-state index in [1.807, 2.05) is 0 Å². The third kappa shape index (κ3) is 3.90. The van der Waals surface area contributed by atoms with E-state index < -0.39 is 10.0 Å². The van der Waals surface area contributed by atoms with Gasteiger partial charge in [0.05, 0.1) is 23.5 Å². The van der Waals surface area contributed by atoms with Gasteiger partial charge in [0.15, 0.2) is 0 Å². The van der Waals surface area contributed by atoms with Gasteiger partial charge in [0.1, 0.15) is 16.4 Å². The number of para-hydroxylation sites is 1. The van der Waals surface area contributed by atoms with Crippen molar-refractivity contribution >= 4 is 26.0 Å². The lowest BCUT2D eigenvalue weighted by Crippen LogP contribution is -2.24. The molecule has 9 heteroatoms. The molecule has 0 saturated carbocycles. The zero-order valence-electron chi connectivity index (χ0n) is 13.8. The van der Waals surface area contributed by atoms with E-state index in [4.69, 9.17) is 4.74 Å². The predicted molar refractivity (Wildman–Crippen MR) is 99.9 cm³/mol. The quantitative estimate of drug-likeness (QED) is 0.618. The molecule has 0 amide bonds. The summed E-state index contributed by atoms with van der Waals surface area (Å²) in [6, 6.07) is 11.2. The molecule has 2 N–H and O–H groups in total. The number of nitrogens with one attached hydrogen (secondary N) is 1. The van der Waals surface area contributed by atoms with Gasteiger partial charge in [0.2, 0.25) is 10.0 Å². The van der Waals surface area contributed by atoms with Crippen LogP contribution in [0.3, 0.4) is 0 Å². The molecular formula is C17H16BrN3O4S. The number of phenolic OH excluding ortho intramolecular Hbond substituents is 1. The van der Waals surface area contributed by atoms with E-state index in [2.05, 4.69) is 25.8 Å². The Hall–Kier alpha value is -2.36. The fraction of sp³-hybridized carbons (Fsp3) is 0.118. The lowest BCUT2D eigenvalue weighted by Gasteiger charge is -2.12. The molecule has 0 radical (unpaired) electrons. The van der Waals surface area contributed by atoms with Crippen molar-refractivity contribution in [3.05, 3.63) is 64.9 Å². The number of aromatic hydroxyl groups is 1. The molecule has 0 unspecified atom stereocenters. The molecule has 3 aromatic rings. The van der Waals surface area contributed by atoms with E-state index in [9.17, 15) is 13.5 Å². The normalized spacial score (nSPS) is 11.5. The van der Waals surface area contributed by atoms with Crippen LogP contribution in [-0.2, 0) is 16.6 Å². The van der Waals surface area contributed by atoms with Gasteiger partial charge in [0, 0.05) is 24.4 Å². The molecule has 136 valence electrons. The minimum atomic E-state index is -3.83. The molecule has 2 aromatic carbocycles. The molecule has 3 rings (SSSR count). The monoisotopic (exact) mass is 437 g/mol. The van der Waals surface area contributed by atoms with E-state index in [1.54, 1.807) is 42.7 Å². The first-order valence-corrected chi connectivity index (χ1v) is 9.83. The van der Waals surface area contributed by atoms with Gasteiger partial charge in [-0.3, -0.25) is 0 Å². The van der Waals surface area contributed by atoms with Crippen molar-refractivity contribution in [3.8, 4) is 17.2 Å². The number of hydrogen-bond donors (Lipinski definition) is 2. The lowest BCUT2D eigenvalue weighted by molar-refractivity contribution is 0.406. The third-order valence-electron chi connectivity index (χ3n) is 3.70. The van der Waals surface area contributed by atoms with E-state index in [1.165, 1.54) is 23.9 Å². The van der Waals surface area contributed by atoms with E-state index >= 15 is 0 Å². The smallest absolute Gasteiger partial charge is 0.243 e. The molecule has 1 aromatic heterocycles. The predicted octanol–water partition coefficient (Wildman–Crippen LogP) is 2.83. The van der Waals surface area contributed by atoms with Gasteiger partial charge in [-0.1, -0.05) is 18.2 Å². The first kappa shape index (κ1) is 18.4. The van der Waals surface area contributed by atoms with Crippen LogP contribution in [0.4, 0.5) is 0 Å². The molecular weight excluding hydrogens is 422 g/mol. The Bertz CT molecular complexity index is 1030. The Morgan fingerprint density at radius 1 is 1.27 bits per heavy atom. The summed E-state index contributed by atoms with van der Waals surface area (Å²) in [4.78, 5) is 0.0867. The summed E-state index contributed by atoms with van der Waals surface area (Å²) in [5, 5.41) is 14.1. The average Bonchev–Trinajstić information content (AvgIpc) is 3.07. The van der Waals surface area contributed by atoms with Crippen LogP contribution in [0.15, 0.2) is 64.2 Å². The van der Waals surface area contributed by atoms with Crippen molar-refractivity contribution in [1.29, 1.82) is 0 Å². The maximum atomic E-state index is 12.8. The maximum Gasteiger partial charge on any atom is 0.243 e. The van der Waals surface area contributed by atoms with Crippen LogP contribution in [-0.4, -0.2) is 30.4 Å². The molecule has 0 aliphatic heterocycles. The van der Waals surface area contributed by atoms with Gasteiger partial charge < -0.3 is 9.84 Å². The van der Waals surface area contributed by atoms with E-state index in [0.29, 0.717) is 17.0 Å². The van der Waals surface area contributed by atoms with Crippen molar-refractivity contribution < 1.29 is 18.3 Å². The summed E-state index contributed by atoms with van der Waals surface area (Å²) in [6.07, 6.45) is 3.25. The molecule has 0 fully saturated rings. The van der Waals surface area contributed by atoms with Crippen LogP contribution < -0.4 is 9.46 Å². The van der Waals surface area contributed by atoms with Crippen molar-refractivity contribution in [2.45, 2.75) is 11.4 Å². The number of phenols is 1.